The number of benzene rings is 2. The second-order valence-corrected chi connectivity index (χ2v) is 6.40. The van der Waals surface area contributed by atoms with E-state index in [0.29, 0.717) is 0 Å². The van der Waals surface area contributed by atoms with Crippen molar-refractivity contribution in [3.63, 3.8) is 0 Å². The topological polar surface area (TPSA) is 0 Å². The molecule has 0 nitrogen and oxygen atoms in total. The number of hydrogen-bond donors (Lipinski definition) is 0. The molecule has 0 aliphatic rings. The van der Waals surface area contributed by atoms with Gasteiger partial charge in [0.15, 0.2) is 0 Å². The molecule has 0 N–H and O–H groups in total. The molecule has 3 rings (SSSR count). The molecule has 0 atom stereocenters. The highest BCUT2D eigenvalue weighted by molar-refractivity contribution is 8.08. The maximum Gasteiger partial charge on any atom is 0.0281 e. The minimum Gasteiger partial charge on any atom is -0.144 e. The van der Waals surface area contributed by atoms with Crippen LogP contribution in [-0.2, 0) is 0 Å². The van der Waals surface area contributed by atoms with Crippen molar-refractivity contribution >= 4 is 34.1 Å². The SMILES string of the molecule is C(=C(\Sc1ccccc1)c1ccccc1)/c1cccs1. The van der Waals surface area contributed by atoms with E-state index in [2.05, 4.69) is 84.3 Å². The largest absolute Gasteiger partial charge is 0.144 e. The number of hydrogen-bond acceptors (Lipinski definition) is 2. The average molecular weight is 294 g/mol. The van der Waals surface area contributed by atoms with Gasteiger partial charge >= 0.3 is 0 Å². The van der Waals surface area contributed by atoms with E-state index < -0.39 is 0 Å². The standard InChI is InChI=1S/C18H14S2/c1-3-8-15(9-4-1)18(14-17-12-7-13-19-17)20-16-10-5-2-6-11-16/h1-14H/b18-14+. The molecular formula is C18H14S2. The Morgan fingerprint density at radius 3 is 2.15 bits per heavy atom. The summed E-state index contributed by atoms with van der Waals surface area (Å²) in [4.78, 5) is 3.82. The van der Waals surface area contributed by atoms with Gasteiger partial charge in [-0.15, -0.1) is 11.3 Å². The Morgan fingerprint density at radius 1 is 0.800 bits per heavy atom. The fraction of sp³-hybridized carbons (Fsp3) is 0. The lowest BCUT2D eigenvalue weighted by atomic mass is 10.2. The van der Waals surface area contributed by atoms with Crippen LogP contribution in [0.2, 0.25) is 0 Å². The van der Waals surface area contributed by atoms with Gasteiger partial charge in [0.05, 0.1) is 0 Å². The van der Waals surface area contributed by atoms with E-state index in [4.69, 9.17) is 0 Å². The summed E-state index contributed by atoms with van der Waals surface area (Å²) in [6.07, 6.45) is 2.26. The molecule has 1 heterocycles. The zero-order chi connectivity index (χ0) is 13.6. The number of rotatable bonds is 4. The van der Waals surface area contributed by atoms with E-state index in [9.17, 15) is 0 Å². The third-order valence-corrected chi connectivity index (χ3v) is 4.75. The second-order valence-electron chi connectivity index (χ2n) is 4.31. The van der Waals surface area contributed by atoms with Gasteiger partial charge in [0, 0.05) is 14.7 Å². The van der Waals surface area contributed by atoms with Gasteiger partial charge < -0.3 is 0 Å². The van der Waals surface area contributed by atoms with Crippen LogP contribution in [0.4, 0.5) is 0 Å². The van der Waals surface area contributed by atoms with E-state index in [1.165, 1.54) is 20.2 Å². The lowest BCUT2D eigenvalue weighted by molar-refractivity contribution is 1.47. The highest BCUT2D eigenvalue weighted by atomic mass is 32.2. The Kier molecular flexibility index (Phi) is 4.36. The van der Waals surface area contributed by atoms with Crippen LogP contribution < -0.4 is 0 Å². The molecule has 2 heteroatoms. The first kappa shape index (κ1) is 13.2. The molecule has 0 saturated heterocycles. The highest BCUT2D eigenvalue weighted by Gasteiger charge is 2.04. The zero-order valence-electron chi connectivity index (χ0n) is 10.9. The maximum absolute atomic E-state index is 2.26. The summed E-state index contributed by atoms with van der Waals surface area (Å²) in [6, 6.07) is 25.3. The summed E-state index contributed by atoms with van der Waals surface area (Å²) in [5.41, 5.74) is 1.26. The first-order chi connectivity index (χ1) is 9.92. The van der Waals surface area contributed by atoms with Crippen LogP contribution in [0.25, 0.3) is 11.0 Å². The van der Waals surface area contributed by atoms with Gasteiger partial charge in [-0.3, -0.25) is 0 Å². The Hall–Kier alpha value is -1.77. The van der Waals surface area contributed by atoms with Crippen LogP contribution in [0.5, 0.6) is 0 Å². The lowest BCUT2D eigenvalue weighted by Gasteiger charge is -2.07. The van der Waals surface area contributed by atoms with Gasteiger partial charge in [0.2, 0.25) is 0 Å². The summed E-state index contributed by atoms with van der Waals surface area (Å²) in [7, 11) is 0. The highest BCUT2D eigenvalue weighted by Crippen LogP contribution is 2.36. The smallest absolute Gasteiger partial charge is 0.0281 e. The van der Waals surface area contributed by atoms with Crippen LogP contribution in [0, 0.1) is 0 Å². The fourth-order valence-electron chi connectivity index (χ4n) is 1.89. The van der Waals surface area contributed by atoms with Crippen LogP contribution in [0.1, 0.15) is 10.4 Å². The first-order valence-electron chi connectivity index (χ1n) is 6.45. The predicted octanol–water partition coefficient (Wildman–Crippen LogP) is 6.04. The van der Waals surface area contributed by atoms with E-state index >= 15 is 0 Å². The summed E-state index contributed by atoms with van der Waals surface area (Å²) < 4.78 is 0. The molecule has 20 heavy (non-hydrogen) atoms. The van der Waals surface area contributed by atoms with Gasteiger partial charge in [-0.1, -0.05) is 66.4 Å². The molecule has 0 radical (unpaired) electrons. The normalized spacial score (nSPS) is 11.5. The van der Waals surface area contributed by atoms with Crippen LogP contribution in [-0.4, -0.2) is 0 Å². The van der Waals surface area contributed by atoms with Crippen LogP contribution in [0.15, 0.2) is 83.1 Å². The third-order valence-electron chi connectivity index (χ3n) is 2.85. The molecule has 0 saturated carbocycles. The van der Waals surface area contributed by atoms with E-state index in [0.717, 1.165) is 0 Å². The molecule has 1 aromatic heterocycles. The molecule has 0 amide bonds. The molecule has 2 aromatic carbocycles. The number of thiophene rings is 1. The van der Waals surface area contributed by atoms with Crippen molar-refractivity contribution in [1.29, 1.82) is 0 Å². The summed E-state index contributed by atoms with van der Waals surface area (Å²) >= 11 is 3.57. The van der Waals surface area contributed by atoms with Gasteiger partial charge in [-0.05, 0) is 35.2 Å². The molecule has 0 aliphatic carbocycles. The summed E-state index contributed by atoms with van der Waals surface area (Å²) in [5, 5.41) is 2.11. The lowest BCUT2D eigenvalue weighted by Crippen LogP contribution is -1.80. The molecule has 0 spiro atoms. The first-order valence-corrected chi connectivity index (χ1v) is 8.15. The third kappa shape index (κ3) is 3.41. The molecule has 0 bridgehead atoms. The Morgan fingerprint density at radius 2 is 1.50 bits per heavy atom. The van der Waals surface area contributed by atoms with Crippen molar-refractivity contribution in [2.45, 2.75) is 4.90 Å². The Labute approximate surface area is 127 Å². The van der Waals surface area contributed by atoms with E-state index in [1.54, 1.807) is 11.3 Å². The minimum atomic E-state index is 1.26. The molecule has 0 unspecified atom stereocenters. The monoisotopic (exact) mass is 294 g/mol. The molecule has 98 valence electrons. The zero-order valence-corrected chi connectivity index (χ0v) is 12.5. The molecule has 0 fully saturated rings. The quantitative estimate of drug-likeness (QED) is 0.529. The fourth-order valence-corrected chi connectivity index (χ4v) is 3.61. The van der Waals surface area contributed by atoms with Crippen molar-refractivity contribution in [3.8, 4) is 0 Å². The van der Waals surface area contributed by atoms with Crippen molar-refractivity contribution in [2.24, 2.45) is 0 Å². The maximum atomic E-state index is 2.26. The van der Waals surface area contributed by atoms with Crippen LogP contribution in [0.3, 0.4) is 0 Å². The minimum absolute atomic E-state index is 1.26. The van der Waals surface area contributed by atoms with Gasteiger partial charge in [-0.25, -0.2) is 0 Å². The molecule has 0 aliphatic heterocycles. The molecular weight excluding hydrogens is 280 g/mol. The van der Waals surface area contributed by atoms with Gasteiger partial charge in [-0.2, -0.15) is 0 Å². The predicted molar refractivity (Wildman–Crippen MR) is 90.9 cm³/mol. The van der Waals surface area contributed by atoms with Crippen molar-refractivity contribution in [3.05, 3.63) is 88.6 Å². The van der Waals surface area contributed by atoms with Crippen molar-refractivity contribution < 1.29 is 0 Å². The molecule has 3 aromatic rings. The Bertz CT molecular complexity index is 668. The second kappa shape index (κ2) is 6.60. The van der Waals surface area contributed by atoms with E-state index in [-0.39, 0.29) is 0 Å². The number of thioether (sulfide) groups is 1. The van der Waals surface area contributed by atoms with Gasteiger partial charge in [0.25, 0.3) is 0 Å². The van der Waals surface area contributed by atoms with Gasteiger partial charge in [0.1, 0.15) is 0 Å². The van der Waals surface area contributed by atoms with Crippen molar-refractivity contribution in [2.75, 3.05) is 0 Å². The van der Waals surface area contributed by atoms with Crippen LogP contribution >= 0.6 is 23.1 Å². The summed E-state index contributed by atoms with van der Waals surface area (Å²) in [5.74, 6) is 0. The summed E-state index contributed by atoms with van der Waals surface area (Å²) in [6.45, 7) is 0. The van der Waals surface area contributed by atoms with E-state index in [1.807, 2.05) is 11.8 Å². The Balaban J connectivity index is 1.96. The average Bonchev–Trinajstić information content (AvgIpc) is 3.02. The van der Waals surface area contributed by atoms with Crippen molar-refractivity contribution in [1.82, 2.24) is 0 Å².